The minimum atomic E-state index is -4.67. The van der Waals surface area contributed by atoms with E-state index in [1.54, 1.807) is 0 Å². The van der Waals surface area contributed by atoms with Crippen molar-refractivity contribution in [2.45, 2.75) is 0 Å². The molecule has 0 rings (SSSR count). The van der Waals surface area contributed by atoms with E-state index in [1.165, 1.54) is 0 Å². The molecule has 0 aromatic carbocycles. The first kappa shape index (κ1) is 29.2. The third-order valence-corrected chi connectivity index (χ3v) is 0. The summed E-state index contributed by atoms with van der Waals surface area (Å²) >= 11 is 0. The van der Waals surface area contributed by atoms with Crippen LogP contribution < -0.4 is 0 Å². The third kappa shape index (κ3) is 16200. The molecule has 0 aliphatic heterocycles. The molecule has 80 valence electrons. The Morgan fingerprint density at radius 3 is 0.615 bits per heavy atom. The van der Waals surface area contributed by atoms with Gasteiger partial charge in [-0.15, -0.1) is 0 Å². The van der Waals surface area contributed by atoms with E-state index in [-0.39, 0.29) is 30.4 Å². The van der Waals surface area contributed by atoms with Crippen LogP contribution >= 0.6 is 0 Å². The zero-order chi connectivity index (χ0) is 9.00. The quantitative estimate of drug-likeness (QED) is 0.295. The van der Waals surface area contributed by atoms with Gasteiger partial charge in [-0.3, -0.25) is 18.2 Å². The molecule has 0 aromatic rings. The Morgan fingerprint density at radius 2 is 0.615 bits per heavy atom. The molecular formula is H6O10S2Zn. The average molecular weight is 296 g/mol. The molecule has 0 aliphatic carbocycles. The van der Waals surface area contributed by atoms with E-state index in [9.17, 15) is 0 Å². The molecule has 0 amide bonds. The molecule has 13 heavy (non-hydrogen) atoms. The molecule has 0 saturated heterocycles. The van der Waals surface area contributed by atoms with Gasteiger partial charge >= 0.3 is 40.3 Å². The van der Waals surface area contributed by atoms with Gasteiger partial charge < -0.3 is 11.0 Å². The first-order valence-corrected chi connectivity index (χ1v) is 4.19. The van der Waals surface area contributed by atoms with Crippen molar-refractivity contribution in [2.75, 3.05) is 0 Å². The predicted octanol–water partition coefficient (Wildman–Crippen LogP) is -1.66. The summed E-state index contributed by atoms with van der Waals surface area (Å²) in [5, 5.41) is 0. The largest absolute Gasteiger partial charge is 2.00 e. The van der Waals surface area contributed by atoms with Gasteiger partial charge in [-0.1, -0.05) is 0 Å². The Labute approximate surface area is 86.5 Å². The summed E-state index contributed by atoms with van der Waals surface area (Å²) < 4.78 is 63.2. The van der Waals surface area contributed by atoms with Crippen LogP contribution in [0.15, 0.2) is 0 Å². The van der Waals surface area contributed by atoms with E-state index < -0.39 is 20.8 Å². The molecule has 0 atom stereocenters. The molecule has 0 unspecified atom stereocenters. The molecule has 0 fully saturated rings. The summed E-state index contributed by atoms with van der Waals surface area (Å²) in [5.74, 6) is 0. The van der Waals surface area contributed by atoms with Gasteiger partial charge in [-0.25, -0.2) is 0 Å². The van der Waals surface area contributed by atoms with Crippen LogP contribution in [-0.4, -0.2) is 46.0 Å². The van der Waals surface area contributed by atoms with Gasteiger partial charge in [-0.2, -0.15) is 16.8 Å². The Bertz CT molecular complexity index is 209. The van der Waals surface area contributed by atoms with E-state index in [4.69, 9.17) is 35.0 Å². The fraction of sp³-hybridized carbons (Fsp3) is 0. The van der Waals surface area contributed by atoms with Crippen molar-refractivity contribution in [1.82, 2.24) is 0 Å². The Kier molecular flexibility index (Phi) is 23.3. The van der Waals surface area contributed by atoms with Gasteiger partial charge in [0.25, 0.3) is 0 Å². The molecule has 6 N–H and O–H groups in total. The minimum absolute atomic E-state index is 0. The second-order valence-corrected chi connectivity index (χ2v) is 2.69. The van der Waals surface area contributed by atoms with Crippen LogP contribution in [0.25, 0.3) is 0 Å². The number of rotatable bonds is 0. The maximum atomic E-state index is 8.74. The Hall–Kier alpha value is 0.283. The summed E-state index contributed by atoms with van der Waals surface area (Å²) in [6.45, 7) is 0. The molecule has 0 aromatic heterocycles. The smallest absolute Gasteiger partial charge is 0.870 e. The standard InChI is InChI=1S/2H2O4S.2H2O.Zn/c2*1-5(2,3)4;;;/h2*(H2,1,2,3,4);2*1H2;/q;;;;+2/p-2. The first-order chi connectivity index (χ1) is 4.00. The second-order valence-electron chi connectivity index (χ2n) is 0.896. The first-order valence-electron chi connectivity index (χ1n) is 1.40. The van der Waals surface area contributed by atoms with E-state index in [1.807, 2.05) is 0 Å². The topological polar surface area (TPSA) is 209 Å². The summed E-state index contributed by atoms with van der Waals surface area (Å²) in [6.07, 6.45) is 0. The van der Waals surface area contributed by atoms with E-state index in [0.29, 0.717) is 0 Å². The van der Waals surface area contributed by atoms with Crippen molar-refractivity contribution in [3.63, 3.8) is 0 Å². The molecule has 10 nitrogen and oxygen atoms in total. The normalized spacial score (nSPS) is 8.92. The fourth-order valence-corrected chi connectivity index (χ4v) is 0. The van der Waals surface area contributed by atoms with Gasteiger partial charge in [-0.05, 0) is 0 Å². The monoisotopic (exact) mass is 294 g/mol. The minimum Gasteiger partial charge on any atom is -0.870 e. The molecule has 0 spiro atoms. The Balaban J connectivity index is -0.0000000267. The van der Waals surface area contributed by atoms with E-state index >= 15 is 0 Å². The van der Waals surface area contributed by atoms with Crippen LogP contribution in [0, 0.1) is 0 Å². The van der Waals surface area contributed by atoms with Gasteiger partial charge in [0, 0.05) is 0 Å². The molecular weight excluding hydrogens is 290 g/mol. The summed E-state index contributed by atoms with van der Waals surface area (Å²) in [7, 11) is -9.33. The van der Waals surface area contributed by atoms with Gasteiger partial charge in [0.05, 0.1) is 0 Å². The zero-order valence-electron chi connectivity index (χ0n) is 5.84. The third-order valence-electron chi connectivity index (χ3n) is 0. The van der Waals surface area contributed by atoms with Crippen LogP contribution in [0.5, 0.6) is 0 Å². The van der Waals surface area contributed by atoms with Crippen LogP contribution in [0.2, 0.25) is 0 Å². The molecule has 0 radical (unpaired) electrons. The summed E-state index contributed by atoms with van der Waals surface area (Å²) in [4.78, 5) is 0. The van der Waals surface area contributed by atoms with Crippen LogP contribution in [-0.2, 0) is 40.3 Å². The molecule has 0 saturated carbocycles. The maximum absolute atomic E-state index is 8.74. The molecule has 0 heterocycles. The SMILES string of the molecule is O=S(=O)(O)O.O=S(=O)(O)O.[OH-].[OH-].[Zn+2]. The van der Waals surface area contributed by atoms with Crippen molar-refractivity contribution >= 4 is 20.8 Å². The van der Waals surface area contributed by atoms with Crippen molar-refractivity contribution < 1.29 is 65.5 Å². The predicted molar refractivity (Wildman–Crippen MR) is 32.2 cm³/mol. The van der Waals surface area contributed by atoms with Crippen molar-refractivity contribution in [3.8, 4) is 0 Å². The van der Waals surface area contributed by atoms with Crippen LogP contribution in [0.1, 0.15) is 0 Å². The van der Waals surface area contributed by atoms with E-state index in [0.717, 1.165) is 0 Å². The number of hydrogen-bond acceptors (Lipinski definition) is 6. The van der Waals surface area contributed by atoms with Gasteiger partial charge in [0.1, 0.15) is 0 Å². The molecule has 0 bridgehead atoms. The van der Waals surface area contributed by atoms with Crippen LogP contribution in [0.4, 0.5) is 0 Å². The van der Waals surface area contributed by atoms with Crippen LogP contribution in [0.3, 0.4) is 0 Å². The van der Waals surface area contributed by atoms with Gasteiger partial charge in [0.15, 0.2) is 0 Å². The van der Waals surface area contributed by atoms with Crippen molar-refractivity contribution in [2.24, 2.45) is 0 Å². The zero-order valence-corrected chi connectivity index (χ0v) is 10.4. The molecule has 0 aliphatic rings. The molecule has 13 heteroatoms. The van der Waals surface area contributed by atoms with Crippen molar-refractivity contribution in [1.29, 1.82) is 0 Å². The number of hydrogen-bond donors (Lipinski definition) is 4. The Morgan fingerprint density at radius 1 is 0.615 bits per heavy atom. The van der Waals surface area contributed by atoms with Gasteiger partial charge in [0.2, 0.25) is 0 Å². The second kappa shape index (κ2) is 10.4. The fourth-order valence-electron chi connectivity index (χ4n) is 0. The summed E-state index contributed by atoms with van der Waals surface area (Å²) in [6, 6.07) is 0. The summed E-state index contributed by atoms with van der Waals surface area (Å²) in [5.41, 5.74) is 0. The average Bonchev–Trinajstić information content (AvgIpc) is 1.12. The van der Waals surface area contributed by atoms with Crippen molar-refractivity contribution in [3.05, 3.63) is 0 Å². The van der Waals surface area contributed by atoms with E-state index in [2.05, 4.69) is 0 Å². The maximum Gasteiger partial charge on any atom is 2.00 e.